The van der Waals surface area contributed by atoms with E-state index in [0.29, 0.717) is 11.6 Å². The molecule has 0 aliphatic heterocycles. The molecule has 0 amide bonds. The predicted molar refractivity (Wildman–Crippen MR) is 75.1 cm³/mol. The van der Waals surface area contributed by atoms with Crippen molar-refractivity contribution in [3.8, 4) is 0 Å². The highest BCUT2D eigenvalue weighted by Gasteiger charge is 2.04. The van der Waals surface area contributed by atoms with E-state index < -0.39 is 0 Å². The molecule has 0 radical (unpaired) electrons. The summed E-state index contributed by atoms with van der Waals surface area (Å²) in [5.41, 5.74) is 1.86. The number of fused-ring (bicyclic) bond motifs is 1. The van der Waals surface area contributed by atoms with Crippen LogP contribution in [-0.4, -0.2) is 19.7 Å². The fraction of sp³-hybridized carbons (Fsp3) is 0.154. The molecule has 3 aromatic rings. The van der Waals surface area contributed by atoms with Crippen LogP contribution in [0.1, 0.15) is 5.82 Å². The quantitative estimate of drug-likeness (QED) is 0.797. The molecule has 2 heterocycles. The Hall–Kier alpha value is -2.14. The molecular weight excluding hydrogens is 262 g/mol. The maximum absolute atomic E-state index is 5.96. The van der Waals surface area contributed by atoms with Crippen LogP contribution in [0.3, 0.4) is 0 Å². The number of hydrogen-bond acceptors (Lipinski definition) is 4. The second kappa shape index (κ2) is 4.85. The molecule has 96 valence electrons. The van der Waals surface area contributed by atoms with Gasteiger partial charge >= 0.3 is 0 Å². The number of pyridine rings is 1. The van der Waals surface area contributed by atoms with Gasteiger partial charge in [0.1, 0.15) is 6.33 Å². The van der Waals surface area contributed by atoms with E-state index in [9.17, 15) is 0 Å². The molecule has 0 saturated carbocycles. The predicted octanol–water partition coefficient (Wildman–Crippen LogP) is 2.63. The summed E-state index contributed by atoms with van der Waals surface area (Å²) >= 11 is 5.96. The van der Waals surface area contributed by atoms with Crippen molar-refractivity contribution in [3.05, 3.63) is 47.6 Å². The number of anilines is 1. The minimum atomic E-state index is 0.572. The van der Waals surface area contributed by atoms with Crippen molar-refractivity contribution in [2.24, 2.45) is 7.05 Å². The van der Waals surface area contributed by atoms with Gasteiger partial charge in [-0.1, -0.05) is 11.6 Å². The molecule has 3 rings (SSSR count). The lowest BCUT2D eigenvalue weighted by Crippen LogP contribution is -2.03. The van der Waals surface area contributed by atoms with Gasteiger partial charge in [-0.05, 0) is 24.3 Å². The third-order valence-electron chi connectivity index (χ3n) is 2.79. The molecule has 0 spiro atoms. The number of nitrogens with zero attached hydrogens (tertiary/aromatic N) is 4. The van der Waals surface area contributed by atoms with Gasteiger partial charge < -0.3 is 5.32 Å². The zero-order valence-corrected chi connectivity index (χ0v) is 11.1. The van der Waals surface area contributed by atoms with Gasteiger partial charge in [0.15, 0.2) is 5.82 Å². The maximum Gasteiger partial charge on any atom is 0.169 e. The summed E-state index contributed by atoms with van der Waals surface area (Å²) in [5, 5.41) is 9.26. The van der Waals surface area contributed by atoms with Crippen LogP contribution in [-0.2, 0) is 13.6 Å². The van der Waals surface area contributed by atoms with Crippen molar-refractivity contribution in [1.29, 1.82) is 0 Å². The van der Waals surface area contributed by atoms with Crippen molar-refractivity contribution in [2.45, 2.75) is 6.54 Å². The summed E-state index contributed by atoms with van der Waals surface area (Å²) < 4.78 is 1.68. The van der Waals surface area contributed by atoms with E-state index >= 15 is 0 Å². The van der Waals surface area contributed by atoms with Gasteiger partial charge in [-0.2, -0.15) is 5.10 Å². The number of aromatic nitrogens is 4. The molecule has 19 heavy (non-hydrogen) atoms. The summed E-state index contributed by atoms with van der Waals surface area (Å²) in [5.74, 6) is 0.751. The molecule has 0 saturated heterocycles. The first-order valence-electron chi connectivity index (χ1n) is 5.85. The highest BCUT2D eigenvalue weighted by Crippen LogP contribution is 2.24. The van der Waals surface area contributed by atoms with Crippen molar-refractivity contribution in [2.75, 3.05) is 5.32 Å². The fourth-order valence-corrected chi connectivity index (χ4v) is 2.08. The minimum Gasteiger partial charge on any atom is -0.377 e. The second-order valence-corrected chi connectivity index (χ2v) is 4.64. The molecule has 6 heteroatoms. The van der Waals surface area contributed by atoms with Gasteiger partial charge in [-0.15, -0.1) is 0 Å². The van der Waals surface area contributed by atoms with Crippen LogP contribution < -0.4 is 5.32 Å². The topological polar surface area (TPSA) is 55.6 Å². The number of halogens is 1. The van der Waals surface area contributed by atoms with Gasteiger partial charge in [0, 0.05) is 29.3 Å². The van der Waals surface area contributed by atoms with E-state index in [0.717, 1.165) is 22.4 Å². The Balaban J connectivity index is 1.88. The van der Waals surface area contributed by atoms with E-state index in [1.54, 1.807) is 17.2 Å². The first kappa shape index (κ1) is 11.9. The van der Waals surface area contributed by atoms with E-state index in [-0.39, 0.29) is 0 Å². The number of hydrogen-bond donors (Lipinski definition) is 1. The third kappa shape index (κ3) is 2.51. The molecule has 0 atom stereocenters. The molecule has 0 unspecified atom stereocenters. The number of benzene rings is 1. The largest absolute Gasteiger partial charge is 0.377 e. The van der Waals surface area contributed by atoms with Crippen LogP contribution >= 0.6 is 11.6 Å². The molecule has 2 aromatic heterocycles. The molecule has 1 aromatic carbocycles. The number of nitrogens with one attached hydrogen (secondary N) is 1. The van der Waals surface area contributed by atoms with E-state index in [4.69, 9.17) is 11.6 Å². The molecule has 5 nitrogen and oxygen atoms in total. The smallest absolute Gasteiger partial charge is 0.169 e. The van der Waals surface area contributed by atoms with Crippen LogP contribution in [0.25, 0.3) is 10.9 Å². The number of aryl methyl sites for hydroxylation is 1. The van der Waals surface area contributed by atoms with E-state index in [1.807, 2.05) is 31.3 Å². The van der Waals surface area contributed by atoms with Crippen molar-refractivity contribution < 1.29 is 0 Å². The Morgan fingerprint density at radius 3 is 2.95 bits per heavy atom. The average Bonchev–Trinajstić information content (AvgIpc) is 2.81. The molecule has 0 fully saturated rings. The van der Waals surface area contributed by atoms with Gasteiger partial charge in [0.05, 0.1) is 12.1 Å². The van der Waals surface area contributed by atoms with Gasteiger partial charge in [0.25, 0.3) is 0 Å². The van der Waals surface area contributed by atoms with Crippen LogP contribution in [0.5, 0.6) is 0 Å². The molecule has 0 aliphatic rings. The fourth-order valence-electron chi connectivity index (χ4n) is 1.91. The van der Waals surface area contributed by atoms with Gasteiger partial charge in [0.2, 0.25) is 0 Å². The summed E-state index contributed by atoms with van der Waals surface area (Å²) in [6.07, 6.45) is 3.44. The molecule has 0 bridgehead atoms. The Labute approximate surface area is 115 Å². The summed E-state index contributed by atoms with van der Waals surface area (Å²) in [6, 6.07) is 7.59. The summed E-state index contributed by atoms with van der Waals surface area (Å²) in [4.78, 5) is 8.48. The second-order valence-electron chi connectivity index (χ2n) is 4.21. The normalized spacial score (nSPS) is 10.8. The summed E-state index contributed by atoms with van der Waals surface area (Å²) in [7, 11) is 1.85. The van der Waals surface area contributed by atoms with Crippen LogP contribution in [0.4, 0.5) is 5.69 Å². The third-order valence-corrected chi connectivity index (χ3v) is 3.02. The van der Waals surface area contributed by atoms with Gasteiger partial charge in [-0.25, -0.2) is 4.98 Å². The van der Waals surface area contributed by atoms with Crippen molar-refractivity contribution >= 4 is 28.2 Å². The molecule has 0 aliphatic carbocycles. The van der Waals surface area contributed by atoms with E-state index in [2.05, 4.69) is 20.4 Å². The van der Waals surface area contributed by atoms with Crippen LogP contribution in [0, 0.1) is 0 Å². The van der Waals surface area contributed by atoms with Crippen molar-refractivity contribution in [3.63, 3.8) is 0 Å². The SMILES string of the molecule is Cn1cnc(CNc2ccnc3cc(Cl)ccc23)n1. The zero-order valence-electron chi connectivity index (χ0n) is 10.3. The Morgan fingerprint density at radius 2 is 2.16 bits per heavy atom. The lowest BCUT2D eigenvalue weighted by Gasteiger charge is -2.07. The average molecular weight is 274 g/mol. The molecular formula is C13H12ClN5. The highest BCUT2D eigenvalue weighted by atomic mass is 35.5. The Kier molecular flexibility index (Phi) is 3.05. The lowest BCUT2D eigenvalue weighted by atomic mass is 10.2. The van der Waals surface area contributed by atoms with Crippen LogP contribution in [0.2, 0.25) is 5.02 Å². The zero-order chi connectivity index (χ0) is 13.2. The number of rotatable bonds is 3. The maximum atomic E-state index is 5.96. The van der Waals surface area contributed by atoms with Crippen molar-refractivity contribution in [1.82, 2.24) is 19.7 Å². The lowest BCUT2D eigenvalue weighted by molar-refractivity contribution is 0.747. The molecule has 1 N–H and O–H groups in total. The summed E-state index contributed by atoms with van der Waals surface area (Å²) in [6.45, 7) is 0.572. The first-order chi connectivity index (χ1) is 9.22. The Morgan fingerprint density at radius 1 is 1.26 bits per heavy atom. The minimum absolute atomic E-state index is 0.572. The standard InChI is InChI=1S/C13H12ClN5/c1-19-8-17-13(18-19)7-16-11-4-5-15-12-6-9(14)2-3-10(11)12/h2-6,8H,7H2,1H3,(H,15,16). The monoisotopic (exact) mass is 273 g/mol. The van der Waals surface area contributed by atoms with Crippen LogP contribution in [0.15, 0.2) is 36.8 Å². The Bertz CT molecular complexity index is 722. The van der Waals surface area contributed by atoms with Gasteiger partial charge in [-0.3, -0.25) is 9.67 Å². The highest BCUT2D eigenvalue weighted by molar-refractivity contribution is 6.31. The van der Waals surface area contributed by atoms with E-state index in [1.165, 1.54) is 0 Å². The first-order valence-corrected chi connectivity index (χ1v) is 6.23.